The van der Waals surface area contributed by atoms with Crippen LogP contribution in [-0.2, 0) is 4.74 Å². The number of esters is 1. The number of amides is 1. The Morgan fingerprint density at radius 2 is 1.77 bits per heavy atom. The lowest BCUT2D eigenvalue weighted by Crippen LogP contribution is -2.49. The van der Waals surface area contributed by atoms with Crippen molar-refractivity contribution in [3.8, 4) is 5.75 Å². The maximum absolute atomic E-state index is 12.9. The summed E-state index contributed by atoms with van der Waals surface area (Å²) in [5.74, 6) is -0.330. The number of aryl methyl sites for hydroxylation is 1. The van der Waals surface area contributed by atoms with E-state index in [0.29, 0.717) is 48.7 Å². The third-order valence-corrected chi connectivity index (χ3v) is 4.83. The van der Waals surface area contributed by atoms with Gasteiger partial charge < -0.3 is 24.6 Å². The topological polar surface area (TPSA) is 85.9 Å². The molecule has 0 radical (unpaired) electrons. The molecule has 7 nitrogen and oxygen atoms in total. The molecule has 0 bridgehead atoms. The number of aromatic nitrogens is 1. The molecule has 26 heavy (non-hydrogen) atoms. The minimum absolute atomic E-state index is 0.127. The summed E-state index contributed by atoms with van der Waals surface area (Å²) in [5.41, 5.74) is 2.87. The van der Waals surface area contributed by atoms with Crippen LogP contribution in [0.4, 0.5) is 5.69 Å². The van der Waals surface area contributed by atoms with E-state index in [4.69, 9.17) is 4.74 Å². The number of hydrogen-bond acceptors (Lipinski definition) is 5. The molecular weight excluding hydrogens is 334 g/mol. The van der Waals surface area contributed by atoms with Gasteiger partial charge in [-0.1, -0.05) is 12.1 Å². The first-order chi connectivity index (χ1) is 12.4. The summed E-state index contributed by atoms with van der Waals surface area (Å²) >= 11 is 0. The minimum atomic E-state index is -0.445. The van der Waals surface area contributed by atoms with E-state index in [0.717, 1.165) is 5.69 Å². The van der Waals surface area contributed by atoms with E-state index in [2.05, 4.69) is 9.88 Å². The van der Waals surface area contributed by atoms with Gasteiger partial charge in [-0.25, -0.2) is 4.79 Å². The van der Waals surface area contributed by atoms with E-state index in [1.165, 1.54) is 7.11 Å². The molecule has 0 atom stereocenters. The Morgan fingerprint density at radius 3 is 2.38 bits per heavy atom. The number of benzene rings is 1. The molecule has 0 aliphatic carbocycles. The first-order valence-electron chi connectivity index (χ1n) is 8.53. The van der Waals surface area contributed by atoms with E-state index in [1.807, 2.05) is 12.1 Å². The Hall–Kier alpha value is -2.96. The number of para-hydroxylation sites is 2. The molecule has 1 amide bonds. The minimum Gasteiger partial charge on any atom is -0.506 e. The molecular formula is C19H23N3O4. The molecule has 3 rings (SSSR count). The average molecular weight is 357 g/mol. The van der Waals surface area contributed by atoms with Gasteiger partial charge in [-0.05, 0) is 31.5 Å². The molecule has 7 heteroatoms. The van der Waals surface area contributed by atoms with Crippen molar-refractivity contribution in [2.75, 3.05) is 38.2 Å². The van der Waals surface area contributed by atoms with E-state index < -0.39 is 5.97 Å². The molecule has 0 spiro atoms. The largest absolute Gasteiger partial charge is 0.506 e. The van der Waals surface area contributed by atoms with Crippen LogP contribution in [0.1, 0.15) is 32.1 Å². The normalized spacial score (nSPS) is 14.4. The third kappa shape index (κ3) is 3.12. The van der Waals surface area contributed by atoms with Crippen LogP contribution < -0.4 is 4.90 Å². The standard InChI is InChI=1S/C19H23N3O4/c1-12-16(19(25)26-3)13(2)20-17(12)18(24)22-10-8-21(9-11-22)14-6-4-5-7-15(14)23/h4-7,20,23H,8-11H2,1-3H3. The Kier molecular flexibility index (Phi) is 4.88. The van der Waals surface area contributed by atoms with Gasteiger partial charge >= 0.3 is 5.97 Å². The summed E-state index contributed by atoms with van der Waals surface area (Å²) in [4.78, 5) is 31.6. The lowest BCUT2D eigenvalue weighted by Gasteiger charge is -2.36. The number of rotatable bonds is 3. The fourth-order valence-electron chi connectivity index (χ4n) is 3.41. The van der Waals surface area contributed by atoms with Gasteiger partial charge in [-0.15, -0.1) is 0 Å². The summed E-state index contributed by atoms with van der Waals surface area (Å²) < 4.78 is 4.80. The quantitative estimate of drug-likeness (QED) is 0.822. The Labute approximate surface area is 152 Å². The second-order valence-electron chi connectivity index (χ2n) is 6.38. The number of nitrogens with one attached hydrogen (secondary N) is 1. The van der Waals surface area contributed by atoms with Crippen molar-refractivity contribution in [2.24, 2.45) is 0 Å². The summed E-state index contributed by atoms with van der Waals surface area (Å²) in [5, 5.41) is 9.99. The van der Waals surface area contributed by atoms with Crippen LogP contribution in [0.5, 0.6) is 5.75 Å². The average Bonchev–Trinajstić information content (AvgIpc) is 2.95. The molecule has 2 aromatic rings. The Balaban J connectivity index is 1.73. The molecule has 2 heterocycles. The zero-order valence-electron chi connectivity index (χ0n) is 15.2. The number of aromatic hydroxyl groups is 1. The lowest BCUT2D eigenvalue weighted by molar-refractivity contribution is 0.0599. The first-order valence-corrected chi connectivity index (χ1v) is 8.53. The van der Waals surface area contributed by atoms with Crippen molar-refractivity contribution < 1.29 is 19.4 Å². The highest BCUT2D eigenvalue weighted by Gasteiger charge is 2.28. The number of H-pyrrole nitrogens is 1. The van der Waals surface area contributed by atoms with Crippen LogP contribution in [0.3, 0.4) is 0 Å². The molecule has 0 saturated carbocycles. The fraction of sp³-hybridized carbons (Fsp3) is 0.368. The molecule has 0 unspecified atom stereocenters. The van der Waals surface area contributed by atoms with Crippen LogP contribution in [0.15, 0.2) is 24.3 Å². The Morgan fingerprint density at radius 1 is 1.12 bits per heavy atom. The highest BCUT2D eigenvalue weighted by atomic mass is 16.5. The molecule has 138 valence electrons. The van der Waals surface area contributed by atoms with E-state index in [-0.39, 0.29) is 11.7 Å². The molecule has 1 aromatic carbocycles. The van der Waals surface area contributed by atoms with Gasteiger partial charge in [-0.2, -0.15) is 0 Å². The van der Waals surface area contributed by atoms with Gasteiger partial charge in [0.25, 0.3) is 5.91 Å². The van der Waals surface area contributed by atoms with Gasteiger partial charge in [0.1, 0.15) is 11.4 Å². The van der Waals surface area contributed by atoms with Crippen molar-refractivity contribution in [2.45, 2.75) is 13.8 Å². The van der Waals surface area contributed by atoms with Crippen LogP contribution in [0.25, 0.3) is 0 Å². The maximum Gasteiger partial charge on any atom is 0.339 e. The van der Waals surface area contributed by atoms with Gasteiger partial charge in [0, 0.05) is 31.9 Å². The number of aromatic amines is 1. The summed E-state index contributed by atoms with van der Waals surface area (Å²) in [7, 11) is 1.33. The monoisotopic (exact) mass is 357 g/mol. The van der Waals surface area contributed by atoms with Gasteiger partial charge in [0.15, 0.2) is 0 Å². The predicted molar refractivity (Wildman–Crippen MR) is 97.8 cm³/mol. The summed E-state index contributed by atoms with van der Waals surface area (Å²) in [6.45, 7) is 5.85. The highest BCUT2D eigenvalue weighted by molar-refractivity contribution is 6.00. The van der Waals surface area contributed by atoms with E-state index in [1.54, 1.807) is 30.9 Å². The zero-order valence-corrected chi connectivity index (χ0v) is 15.2. The third-order valence-electron chi connectivity index (χ3n) is 4.83. The highest BCUT2D eigenvalue weighted by Crippen LogP contribution is 2.28. The van der Waals surface area contributed by atoms with Crippen LogP contribution >= 0.6 is 0 Å². The number of methoxy groups -OCH3 is 1. The number of carbonyl (C=O) groups is 2. The number of ether oxygens (including phenoxy) is 1. The van der Waals surface area contributed by atoms with Crippen molar-refractivity contribution in [3.05, 3.63) is 46.8 Å². The zero-order chi connectivity index (χ0) is 18.8. The molecule has 1 aliphatic rings. The fourth-order valence-corrected chi connectivity index (χ4v) is 3.41. The number of phenolic OH excluding ortho intramolecular Hbond substituents is 1. The number of anilines is 1. The number of nitrogens with zero attached hydrogens (tertiary/aromatic N) is 2. The molecule has 1 aromatic heterocycles. The molecule has 1 saturated heterocycles. The van der Waals surface area contributed by atoms with Crippen molar-refractivity contribution in [1.29, 1.82) is 0 Å². The number of phenols is 1. The van der Waals surface area contributed by atoms with Gasteiger partial charge in [-0.3, -0.25) is 4.79 Å². The van der Waals surface area contributed by atoms with Crippen LogP contribution in [-0.4, -0.2) is 60.2 Å². The van der Waals surface area contributed by atoms with Crippen molar-refractivity contribution in [3.63, 3.8) is 0 Å². The van der Waals surface area contributed by atoms with Gasteiger partial charge in [0.05, 0.1) is 18.4 Å². The van der Waals surface area contributed by atoms with Crippen LogP contribution in [0, 0.1) is 13.8 Å². The molecule has 2 N–H and O–H groups in total. The lowest BCUT2D eigenvalue weighted by atomic mass is 10.1. The summed E-state index contributed by atoms with van der Waals surface area (Å²) in [6, 6.07) is 7.19. The predicted octanol–water partition coefficient (Wildman–Crippen LogP) is 2.09. The smallest absolute Gasteiger partial charge is 0.339 e. The SMILES string of the molecule is COC(=O)c1c(C)[nH]c(C(=O)N2CCN(c3ccccc3O)CC2)c1C. The number of carbonyl (C=O) groups excluding carboxylic acids is 2. The maximum atomic E-state index is 12.9. The van der Waals surface area contributed by atoms with Crippen LogP contribution in [0.2, 0.25) is 0 Å². The second kappa shape index (κ2) is 7.11. The van der Waals surface area contributed by atoms with E-state index >= 15 is 0 Å². The number of hydrogen-bond donors (Lipinski definition) is 2. The molecule has 1 fully saturated rings. The van der Waals surface area contributed by atoms with Crippen molar-refractivity contribution in [1.82, 2.24) is 9.88 Å². The Bertz CT molecular complexity index is 835. The van der Waals surface area contributed by atoms with Gasteiger partial charge in [0.2, 0.25) is 0 Å². The number of piperazine rings is 1. The van der Waals surface area contributed by atoms with Crippen molar-refractivity contribution >= 4 is 17.6 Å². The summed E-state index contributed by atoms with van der Waals surface area (Å²) in [6.07, 6.45) is 0. The first kappa shape index (κ1) is 17.8. The second-order valence-corrected chi connectivity index (χ2v) is 6.38. The molecule has 1 aliphatic heterocycles. The van der Waals surface area contributed by atoms with E-state index in [9.17, 15) is 14.7 Å².